The molecular formula is C21H24BrClN6O4. The summed E-state index contributed by atoms with van der Waals surface area (Å²) in [6, 6.07) is 4.24. The van der Waals surface area contributed by atoms with E-state index in [1.165, 1.54) is 12.4 Å². The Labute approximate surface area is 204 Å². The van der Waals surface area contributed by atoms with Crippen molar-refractivity contribution in [2.24, 2.45) is 4.99 Å². The van der Waals surface area contributed by atoms with Gasteiger partial charge in [-0.15, -0.1) is 0 Å². The summed E-state index contributed by atoms with van der Waals surface area (Å²) >= 11 is 9.30. The summed E-state index contributed by atoms with van der Waals surface area (Å²) in [6.07, 6.45) is 2.88. The van der Waals surface area contributed by atoms with Gasteiger partial charge in [-0.3, -0.25) is 19.6 Å². The average molecular weight is 540 g/mol. The predicted molar refractivity (Wildman–Crippen MR) is 128 cm³/mol. The Kier molecular flexibility index (Phi) is 8.48. The van der Waals surface area contributed by atoms with Crippen LogP contribution in [0.3, 0.4) is 0 Å². The molecule has 176 valence electrons. The summed E-state index contributed by atoms with van der Waals surface area (Å²) in [5, 5.41) is 31.5. The number of guanidine groups is 1. The number of nitrogens with one attached hydrogen (secondary N) is 4. The number of aliphatic hydroxyl groups excluding tert-OH is 1. The van der Waals surface area contributed by atoms with Crippen LogP contribution in [-0.4, -0.2) is 58.7 Å². The number of benzene rings is 1. The van der Waals surface area contributed by atoms with Gasteiger partial charge in [0.05, 0.1) is 47.2 Å². The number of carbonyl (C=O) groups is 2. The van der Waals surface area contributed by atoms with Crippen molar-refractivity contribution in [3.8, 4) is 5.75 Å². The molecule has 10 nitrogen and oxygen atoms in total. The number of halogens is 2. The second-order valence-corrected chi connectivity index (χ2v) is 8.64. The molecule has 0 saturated heterocycles. The van der Waals surface area contributed by atoms with Crippen LogP contribution in [0.1, 0.15) is 35.3 Å². The maximum Gasteiger partial charge on any atom is 0.253 e. The number of nitrogens with zero attached hydrogens (tertiary/aromatic N) is 2. The second kappa shape index (κ2) is 11.3. The molecule has 2 aromatic rings. The van der Waals surface area contributed by atoms with E-state index in [1.807, 2.05) is 6.92 Å². The summed E-state index contributed by atoms with van der Waals surface area (Å²) in [4.78, 5) is 33.1. The molecule has 1 aliphatic heterocycles. The highest BCUT2D eigenvalue weighted by Crippen LogP contribution is 2.36. The third-order valence-corrected chi connectivity index (χ3v) is 5.64. The monoisotopic (exact) mass is 538 g/mol. The molecule has 2 heterocycles. The number of pyridine rings is 1. The number of rotatable bonds is 7. The highest BCUT2D eigenvalue weighted by atomic mass is 79.9. The third kappa shape index (κ3) is 6.80. The topological polar surface area (TPSA) is 148 Å². The van der Waals surface area contributed by atoms with Crippen LogP contribution in [0.2, 0.25) is 5.02 Å². The number of phenols is 1. The number of hydrogen-bond acceptors (Lipinski definition) is 8. The molecule has 0 saturated carbocycles. The number of aliphatic imine (C=N–C) groups is 1. The van der Waals surface area contributed by atoms with Crippen LogP contribution < -0.4 is 21.3 Å². The van der Waals surface area contributed by atoms with Crippen LogP contribution >= 0.6 is 27.5 Å². The molecule has 33 heavy (non-hydrogen) atoms. The maximum atomic E-state index is 12.5. The Balaban J connectivity index is 1.57. The quantitative estimate of drug-likeness (QED) is 0.315. The molecule has 6 N–H and O–H groups in total. The molecule has 0 fully saturated rings. The van der Waals surface area contributed by atoms with Gasteiger partial charge in [0.1, 0.15) is 5.75 Å². The van der Waals surface area contributed by atoms with E-state index in [-0.39, 0.29) is 24.4 Å². The number of hydrogen-bond donors (Lipinski definition) is 6. The molecule has 0 aliphatic carbocycles. The fraction of sp³-hybridized carbons (Fsp3) is 0.333. The molecule has 2 atom stereocenters. The van der Waals surface area contributed by atoms with Crippen LogP contribution in [0.25, 0.3) is 0 Å². The van der Waals surface area contributed by atoms with E-state index in [0.29, 0.717) is 39.7 Å². The molecule has 0 spiro atoms. The van der Waals surface area contributed by atoms with Gasteiger partial charge in [0.2, 0.25) is 5.91 Å². The molecule has 2 unspecified atom stereocenters. The van der Waals surface area contributed by atoms with Gasteiger partial charge in [0, 0.05) is 23.3 Å². The van der Waals surface area contributed by atoms with Crippen molar-refractivity contribution < 1.29 is 19.8 Å². The zero-order valence-corrected chi connectivity index (χ0v) is 20.1. The largest absolute Gasteiger partial charge is 0.506 e. The lowest BCUT2D eigenvalue weighted by Gasteiger charge is -2.20. The van der Waals surface area contributed by atoms with Crippen LogP contribution in [0, 0.1) is 0 Å². The minimum atomic E-state index is -0.534. The number of aliphatic hydroxyl groups is 1. The molecule has 3 rings (SSSR count). The van der Waals surface area contributed by atoms with Gasteiger partial charge in [-0.05, 0) is 40.5 Å². The Bertz CT molecular complexity index is 1070. The van der Waals surface area contributed by atoms with Crippen molar-refractivity contribution in [3.05, 3.63) is 51.2 Å². The maximum absolute atomic E-state index is 12.5. The Morgan fingerprint density at radius 3 is 2.82 bits per heavy atom. The smallest absolute Gasteiger partial charge is 0.253 e. The minimum absolute atomic E-state index is 0.00227. The van der Waals surface area contributed by atoms with E-state index in [0.717, 1.165) is 0 Å². The molecule has 0 bridgehead atoms. The van der Waals surface area contributed by atoms with Crippen molar-refractivity contribution >= 4 is 51.0 Å². The van der Waals surface area contributed by atoms with Gasteiger partial charge in [-0.2, -0.15) is 0 Å². The first kappa shape index (κ1) is 24.7. The first-order valence-electron chi connectivity index (χ1n) is 10.2. The first-order chi connectivity index (χ1) is 15.8. The Morgan fingerprint density at radius 1 is 1.33 bits per heavy atom. The molecule has 12 heteroatoms. The summed E-state index contributed by atoms with van der Waals surface area (Å²) in [6.45, 7) is 2.24. The fourth-order valence-corrected chi connectivity index (χ4v) is 3.98. The molecule has 1 aromatic heterocycles. The minimum Gasteiger partial charge on any atom is -0.506 e. The van der Waals surface area contributed by atoms with E-state index in [1.54, 1.807) is 18.2 Å². The summed E-state index contributed by atoms with van der Waals surface area (Å²) < 4.78 is 0.428. The lowest BCUT2D eigenvalue weighted by atomic mass is 10.0. The van der Waals surface area contributed by atoms with Gasteiger partial charge in [0.25, 0.3) is 5.91 Å². The fourth-order valence-electron chi connectivity index (χ4n) is 3.14. The lowest BCUT2D eigenvalue weighted by Crippen LogP contribution is -2.42. The van der Waals surface area contributed by atoms with E-state index in [9.17, 15) is 19.8 Å². The number of anilines is 1. The van der Waals surface area contributed by atoms with Crippen molar-refractivity contribution in [1.82, 2.24) is 20.9 Å². The number of amides is 2. The summed E-state index contributed by atoms with van der Waals surface area (Å²) in [5.41, 5.74) is 1.27. The van der Waals surface area contributed by atoms with Gasteiger partial charge in [0.15, 0.2) is 5.96 Å². The van der Waals surface area contributed by atoms with E-state index >= 15 is 0 Å². The molecular weight excluding hydrogens is 516 g/mol. The average Bonchev–Trinajstić information content (AvgIpc) is 2.80. The standard InChI is InChI=1S/C21H24BrClN6O4/c1-2-17(15-4-12(23)5-16(22)19(15)32)29-18(31)10-25-20(33)11-3-13(7-24-6-11)28-21-26-8-14(30)9-27-21/h3-7,14,17,30,32H,2,8-10H2,1H3,(H,25,33)(H,29,31)(H2,26,27,28). The number of carbonyl (C=O) groups excluding carboxylic acids is 2. The number of aromatic hydroxyl groups is 1. The van der Waals surface area contributed by atoms with E-state index in [4.69, 9.17) is 11.6 Å². The van der Waals surface area contributed by atoms with Crippen LogP contribution in [0.4, 0.5) is 5.69 Å². The van der Waals surface area contributed by atoms with Crippen molar-refractivity contribution in [1.29, 1.82) is 0 Å². The molecule has 1 aromatic carbocycles. The van der Waals surface area contributed by atoms with Crippen LogP contribution in [0.15, 0.2) is 40.1 Å². The highest BCUT2D eigenvalue weighted by molar-refractivity contribution is 9.10. The molecule has 2 amide bonds. The Hall–Kier alpha value is -2.89. The number of β-amino-alcohol motifs (C(OH)–C–C–N with tert-alkyl or cyclic N) is 1. The summed E-state index contributed by atoms with van der Waals surface area (Å²) in [5.74, 6) is -0.429. The first-order valence-corrected chi connectivity index (χ1v) is 11.4. The van der Waals surface area contributed by atoms with E-state index in [2.05, 4.69) is 47.2 Å². The molecule has 1 aliphatic rings. The van der Waals surface area contributed by atoms with Crippen molar-refractivity contribution in [2.75, 3.05) is 25.0 Å². The van der Waals surface area contributed by atoms with Gasteiger partial charge in [-0.25, -0.2) is 0 Å². The van der Waals surface area contributed by atoms with Crippen LogP contribution in [0.5, 0.6) is 5.75 Å². The second-order valence-electron chi connectivity index (χ2n) is 7.35. The summed E-state index contributed by atoms with van der Waals surface area (Å²) in [7, 11) is 0. The number of aromatic nitrogens is 1. The van der Waals surface area contributed by atoms with Gasteiger partial charge < -0.3 is 31.5 Å². The highest BCUT2D eigenvalue weighted by Gasteiger charge is 2.19. The third-order valence-electron chi connectivity index (χ3n) is 4.81. The normalized spacial score (nSPS) is 16.2. The SMILES string of the molecule is CCC(NC(=O)CNC(=O)c1cncc(NC2=NCC(O)CN2)c1)c1cc(Cl)cc(Br)c1O. The Morgan fingerprint density at radius 2 is 2.12 bits per heavy atom. The van der Waals surface area contributed by atoms with E-state index < -0.39 is 24.0 Å². The lowest BCUT2D eigenvalue weighted by molar-refractivity contribution is -0.120. The molecule has 0 radical (unpaired) electrons. The van der Waals surface area contributed by atoms with Gasteiger partial charge >= 0.3 is 0 Å². The van der Waals surface area contributed by atoms with Crippen molar-refractivity contribution in [2.45, 2.75) is 25.5 Å². The zero-order valence-electron chi connectivity index (χ0n) is 17.7. The van der Waals surface area contributed by atoms with Gasteiger partial charge in [-0.1, -0.05) is 18.5 Å². The number of phenolic OH excluding ortho intramolecular Hbond substituents is 1. The zero-order chi connectivity index (χ0) is 24.0. The predicted octanol–water partition coefficient (Wildman–Crippen LogP) is 1.93. The van der Waals surface area contributed by atoms with Crippen LogP contribution in [-0.2, 0) is 4.79 Å². The van der Waals surface area contributed by atoms with Crippen molar-refractivity contribution in [3.63, 3.8) is 0 Å².